The zero-order valence-corrected chi connectivity index (χ0v) is 14.3. The number of aryl methyl sites for hydroxylation is 1. The number of H-pyrrole nitrogens is 1. The zero-order chi connectivity index (χ0) is 16.4. The second kappa shape index (κ2) is 6.84. The van der Waals surface area contributed by atoms with E-state index in [9.17, 15) is 0 Å². The van der Waals surface area contributed by atoms with Gasteiger partial charge in [-0.2, -0.15) is 0 Å². The fourth-order valence-corrected chi connectivity index (χ4v) is 3.81. The van der Waals surface area contributed by atoms with Crippen LogP contribution in [0.5, 0.6) is 0 Å². The molecular weight excluding hydrogens is 316 g/mol. The third kappa shape index (κ3) is 3.12. The summed E-state index contributed by atoms with van der Waals surface area (Å²) in [4.78, 5) is 3.24. The van der Waals surface area contributed by atoms with Crippen LogP contribution in [0.25, 0.3) is 16.5 Å². The van der Waals surface area contributed by atoms with Gasteiger partial charge < -0.3 is 10.3 Å². The van der Waals surface area contributed by atoms with Crippen molar-refractivity contribution in [2.75, 3.05) is 6.54 Å². The average molecular weight is 337 g/mol. The minimum absolute atomic E-state index is 0.523. The third-order valence-corrected chi connectivity index (χ3v) is 5.21. The monoisotopic (exact) mass is 336 g/mol. The van der Waals surface area contributed by atoms with Gasteiger partial charge in [-0.3, -0.25) is 0 Å². The summed E-state index contributed by atoms with van der Waals surface area (Å²) in [7, 11) is 0. The van der Waals surface area contributed by atoms with Gasteiger partial charge in [-0.25, -0.2) is 0 Å². The lowest BCUT2D eigenvalue weighted by Gasteiger charge is -2.25. The van der Waals surface area contributed by atoms with Crippen LogP contribution in [0, 0.1) is 0 Å². The van der Waals surface area contributed by atoms with E-state index < -0.39 is 0 Å². The molecule has 1 unspecified atom stereocenters. The van der Waals surface area contributed by atoms with E-state index in [-0.39, 0.29) is 0 Å². The molecule has 0 saturated carbocycles. The fraction of sp³-hybridized carbons (Fsp3) is 0.238. The van der Waals surface area contributed by atoms with Crippen molar-refractivity contribution < 1.29 is 0 Å². The van der Waals surface area contributed by atoms with E-state index in [0.717, 1.165) is 36.3 Å². The number of halogens is 1. The van der Waals surface area contributed by atoms with Crippen molar-refractivity contribution in [1.29, 1.82) is 0 Å². The molecule has 1 aromatic heterocycles. The van der Waals surface area contributed by atoms with Gasteiger partial charge in [0.05, 0.1) is 10.5 Å². The molecule has 1 atom stereocenters. The summed E-state index contributed by atoms with van der Waals surface area (Å²) < 4.78 is 0. The van der Waals surface area contributed by atoms with Crippen molar-refractivity contribution in [3.05, 3.63) is 77.0 Å². The number of benzene rings is 2. The van der Waals surface area contributed by atoms with Crippen LogP contribution in [-0.4, -0.2) is 17.6 Å². The van der Waals surface area contributed by atoms with E-state index in [1.165, 1.54) is 22.1 Å². The summed E-state index contributed by atoms with van der Waals surface area (Å²) in [5.41, 5.74) is 5.23. The Bertz CT molecular complexity index is 864. The van der Waals surface area contributed by atoms with Crippen LogP contribution in [0.4, 0.5) is 0 Å². The normalized spacial score (nSPS) is 17.9. The number of aromatic nitrogens is 1. The van der Waals surface area contributed by atoms with E-state index >= 15 is 0 Å². The molecule has 0 aliphatic carbocycles. The maximum absolute atomic E-state index is 6.26. The molecule has 1 aliphatic rings. The first-order valence-electron chi connectivity index (χ1n) is 8.53. The molecule has 2 aromatic carbocycles. The predicted octanol–water partition coefficient (Wildman–Crippen LogP) is 5.20. The molecule has 24 heavy (non-hydrogen) atoms. The molecule has 0 spiro atoms. The van der Waals surface area contributed by atoms with Gasteiger partial charge in [0, 0.05) is 24.2 Å². The van der Waals surface area contributed by atoms with Gasteiger partial charge in [0.25, 0.3) is 0 Å². The topological polar surface area (TPSA) is 27.8 Å². The van der Waals surface area contributed by atoms with Crippen molar-refractivity contribution in [2.45, 2.75) is 25.3 Å². The van der Waals surface area contributed by atoms with Gasteiger partial charge in [0.1, 0.15) is 0 Å². The highest BCUT2D eigenvalue weighted by Gasteiger charge is 2.16. The van der Waals surface area contributed by atoms with E-state index in [2.05, 4.69) is 58.8 Å². The summed E-state index contributed by atoms with van der Waals surface area (Å²) in [6.45, 7) is 0.953. The molecule has 2 nitrogen and oxygen atoms in total. The first-order chi connectivity index (χ1) is 11.8. The highest BCUT2D eigenvalue weighted by atomic mass is 35.5. The molecule has 0 saturated heterocycles. The largest absolute Gasteiger partial charge is 0.360 e. The summed E-state index contributed by atoms with van der Waals surface area (Å²) >= 11 is 6.26. The summed E-state index contributed by atoms with van der Waals surface area (Å²) in [5.74, 6) is 0. The zero-order valence-electron chi connectivity index (χ0n) is 13.6. The van der Waals surface area contributed by atoms with Crippen molar-refractivity contribution in [1.82, 2.24) is 10.3 Å². The second-order valence-electron chi connectivity index (χ2n) is 6.42. The van der Waals surface area contributed by atoms with Crippen molar-refractivity contribution in [3.63, 3.8) is 0 Å². The summed E-state index contributed by atoms with van der Waals surface area (Å²) in [5, 5.41) is 5.67. The lowest BCUT2D eigenvalue weighted by atomic mass is 9.92. The number of hydrogen-bond donors (Lipinski definition) is 2. The van der Waals surface area contributed by atoms with Crippen molar-refractivity contribution in [3.8, 4) is 0 Å². The van der Waals surface area contributed by atoms with E-state index in [1.54, 1.807) is 0 Å². The first-order valence-corrected chi connectivity index (χ1v) is 8.91. The van der Waals surface area contributed by atoms with Crippen molar-refractivity contribution >= 4 is 28.1 Å². The van der Waals surface area contributed by atoms with Crippen LogP contribution in [0.3, 0.4) is 0 Å². The molecule has 2 N–H and O–H groups in total. The number of fused-ring (bicyclic) bond motifs is 1. The van der Waals surface area contributed by atoms with Crippen LogP contribution < -0.4 is 5.32 Å². The number of nitrogens with one attached hydrogen (secondary N) is 2. The van der Waals surface area contributed by atoms with Gasteiger partial charge >= 0.3 is 0 Å². The molecule has 1 aliphatic heterocycles. The SMILES string of the molecule is Clc1ccc(CCC2CC(c3ccccc3)=CCN2)c2cc[nH]c12. The molecule has 3 aromatic rings. The lowest BCUT2D eigenvalue weighted by Crippen LogP contribution is -2.33. The molecule has 0 fully saturated rings. The summed E-state index contributed by atoms with van der Waals surface area (Å²) in [6.07, 6.45) is 7.57. The van der Waals surface area contributed by atoms with Gasteiger partial charge in [0.15, 0.2) is 0 Å². The van der Waals surface area contributed by atoms with Crippen LogP contribution in [0.2, 0.25) is 5.02 Å². The average Bonchev–Trinajstić information content (AvgIpc) is 3.13. The smallest absolute Gasteiger partial charge is 0.0647 e. The van der Waals surface area contributed by atoms with E-state index in [0.29, 0.717) is 6.04 Å². The van der Waals surface area contributed by atoms with Gasteiger partial charge in [-0.15, -0.1) is 0 Å². The highest BCUT2D eigenvalue weighted by molar-refractivity contribution is 6.35. The molecule has 0 amide bonds. The van der Waals surface area contributed by atoms with E-state index in [1.807, 2.05) is 12.3 Å². The lowest BCUT2D eigenvalue weighted by molar-refractivity contribution is 0.502. The van der Waals surface area contributed by atoms with Crippen molar-refractivity contribution in [2.24, 2.45) is 0 Å². The van der Waals surface area contributed by atoms with Gasteiger partial charge in [0.2, 0.25) is 0 Å². The Morgan fingerprint density at radius 2 is 1.92 bits per heavy atom. The molecule has 122 valence electrons. The Morgan fingerprint density at radius 3 is 2.79 bits per heavy atom. The van der Waals surface area contributed by atoms with E-state index in [4.69, 9.17) is 11.6 Å². The maximum Gasteiger partial charge on any atom is 0.0647 e. The van der Waals surface area contributed by atoms with Crippen LogP contribution in [0.15, 0.2) is 60.8 Å². The minimum Gasteiger partial charge on any atom is -0.360 e. The number of rotatable bonds is 4. The number of hydrogen-bond acceptors (Lipinski definition) is 1. The fourth-order valence-electron chi connectivity index (χ4n) is 3.59. The first kappa shape index (κ1) is 15.5. The van der Waals surface area contributed by atoms with Crippen LogP contribution in [0.1, 0.15) is 24.0 Å². The Kier molecular flexibility index (Phi) is 4.42. The predicted molar refractivity (Wildman–Crippen MR) is 102 cm³/mol. The Labute approximate surface area is 147 Å². The Morgan fingerprint density at radius 1 is 1.04 bits per heavy atom. The second-order valence-corrected chi connectivity index (χ2v) is 6.82. The molecule has 4 rings (SSSR count). The standard InChI is InChI=1S/C21H21ClN2/c22-20-9-7-16(19-11-13-24-21(19)20)6-8-18-14-17(10-12-23-18)15-4-2-1-3-5-15/h1-5,7,9-11,13,18,23-24H,6,8,12,14H2. The molecular formula is C21H21ClN2. The number of aromatic amines is 1. The Hall–Kier alpha value is -2.03. The quantitative estimate of drug-likeness (QED) is 0.673. The Balaban J connectivity index is 1.45. The highest BCUT2D eigenvalue weighted by Crippen LogP contribution is 2.28. The minimum atomic E-state index is 0.523. The van der Waals surface area contributed by atoms with Gasteiger partial charge in [-0.1, -0.05) is 54.1 Å². The molecule has 0 radical (unpaired) electrons. The molecule has 2 heterocycles. The van der Waals surface area contributed by atoms with Gasteiger partial charge in [-0.05, 0) is 48.1 Å². The maximum atomic E-state index is 6.26. The third-order valence-electron chi connectivity index (χ3n) is 4.89. The molecule has 3 heteroatoms. The summed E-state index contributed by atoms with van der Waals surface area (Å²) in [6, 6.07) is 17.5. The van der Waals surface area contributed by atoms with Crippen LogP contribution >= 0.6 is 11.6 Å². The molecule has 0 bridgehead atoms. The van der Waals surface area contributed by atoms with Crippen LogP contribution in [-0.2, 0) is 6.42 Å².